The molecule has 0 aliphatic carbocycles. The van der Waals surface area contributed by atoms with Crippen molar-refractivity contribution < 1.29 is 23.1 Å². The van der Waals surface area contributed by atoms with Crippen molar-refractivity contribution in [3.8, 4) is 5.75 Å². The molecule has 2 aromatic rings. The molecule has 7 nitrogen and oxygen atoms in total. The first-order chi connectivity index (χ1) is 14.0. The third-order valence-corrected chi connectivity index (χ3v) is 4.46. The molecule has 0 unspecified atom stereocenters. The average Bonchev–Trinajstić information content (AvgIpc) is 2.76. The predicted molar refractivity (Wildman–Crippen MR) is 103 cm³/mol. The van der Waals surface area contributed by atoms with Crippen molar-refractivity contribution in [3.05, 3.63) is 59.7 Å². The lowest BCUT2D eigenvalue weighted by Crippen LogP contribution is -2.53. The van der Waals surface area contributed by atoms with Gasteiger partial charge in [-0.1, -0.05) is 6.07 Å². The summed E-state index contributed by atoms with van der Waals surface area (Å²) in [7, 11) is 1.50. The Kier molecular flexibility index (Phi) is 6.38. The second kappa shape index (κ2) is 9.13. The molecule has 0 radical (unpaired) electrons. The van der Waals surface area contributed by atoms with Crippen LogP contribution in [-0.4, -0.2) is 61.4 Å². The van der Waals surface area contributed by atoms with E-state index in [1.165, 1.54) is 13.2 Å². The minimum Gasteiger partial charge on any atom is -0.497 e. The molecule has 1 aliphatic heterocycles. The summed E-state index contributed by atoms with van der Waals surface area (Å²) in [5.41, 5.74) is 0.511. The van der Waals surface area contributed by atoms with Crippen LogP contribution in [-0.2, 0) is 4.79 Å². The normalized spacial score (nSPS) is 14.5. The van der Waals surface area contributed by atoms with E-state index in [2.05, 4.69) is 10.3 Å². The first-order valence-corrected chi connectivity index (χ1v) is 8.93. The Balaban J connectivity index is 1.87. The van der Waals surface area contributed by atoms with Crippen molar-refractivity contribution in [2.75, 3.05) is 33.3 Å². The lowest BCUT2D eigenvalue weighted by Gasteiger charge is -2.34. The minimum atomic E-state index is -1.03. The number of nitrogens with one attached hydrogen (secondary N) is 1. The molecule has 1 saturated heterocycles. The smallest absolute Gasteiger partial charge is 0.258 e. The highest BCUT2D eigenvalue weighted by atomic mass is 19.2. The molecular formula is C20H20F2N4O3. The molecule has 3 rings (SSSR count). The number of aliphatic imine (C=N–C) groups is 1. The van der Waals surface area contributed by atoms with Gasteiger partial charge in [0.2, 0.25) is 12.4 Å². The van der Waals surface area contributed by atoms with E-state index in [1.807, 2.05) is 0 Å². The number of hydrogen-bond donors (Lipinski definition) is 1. The third-order valence-electron chi connectivity index (χ3n) is 4.46. The summed E-state index contributed by atoms with van der Waals surface area (Å²) in [5.74, 6) is -1.73. The van der Waals surface area contributed by atoms with Crippen molar-refractivity contribution in [3.63, 3.8) is 0 Å². The van der Waals surface area contributed by atoms with Crippen LogP contribution in [0.2, 0.25) is 0 Å². The van der Waals surface area contributed by atoms with E-state index in [9.17, 15) is 18.4 Å². The molecule has 9 heteroatoms. The van der Waals surface area contributed by atoms with Crippen LogP contribution >= 0.6 is 0 Å². The van der Waals surface area contributed by atoms with E-state index in [-0.39, 0.29) is 11.6 Å². The topological polar surface area (TPSA) is 74.2 Å². The van der Waals surface area contributed by atoms with Crippen molar-refractivity contribution in [1.82, 2.24) is 15.1 Å². The maximum absolute atomic E-state index is 13.6. The van der Waals surface area contributed by atoms with Crippen molar-refractivity contribution in [2.45, 2.75) is 0 Å². The quantitative estimate of drug-likeness (QED) is 0.483. The van der Waals surface area contributed by atoms with Crippen molar-refractivity contribution >= 4 is 24.0 Å². The van der Waals surface area contributed by atoms with Crippen LogP contribution in [0.5, 0.6) is 5.75 Å². The summed E-state index contributed by atoms with van der Waals surface area (Å²) < 4.78 is 31.9. The second-order valence-electron chi connectivity index (χ2n) is 6.35. The lowest BCUT2D eigenvalue weighted by molar-refractivity contribution is -0.119. The lowest BCUT2D eigenvalue weighted by atomic mass is 10.2. The highest BCUT2D eigenvalue weighted by Crippen LogP contribution is 2.18. The van der Waals surface area contributed by atoms with Gasteiger partial charge in [0.1, 0.15) is 5.75 Å². The summed E-state index contributed by atoms with van der Waals surface area (Å²) in [6.07, 6.45) is 0.762. The summed E-state index contributed by atoms with van der Waals surface area (Å²) in [5, 5.41) is 2.73. The molecule has 2 amide bonds. The number of ether oxygens (including phenoxy) is 1. The van der Waals surface area contributed by atoms with E-state index in [1.54, 1.807) is 34.1 Å². The first kappa shape index (κ1) is 20.2. The molecule has 1 aliphatic rings. The number of carbonyl (C=O) groups is 2. The van der Waals surface area contributed by atoms with Crippen molar-refractivity contribution in [2.24, 2.45) is 4.99 Å². The maximum Gasteiger partial charge on any atom is 0.258 e. The number of rotatable bonds is 4. The fourth-order valence-electron chi connectivity index (χ4n) is 2.83. The monoisotopic (exact) mass is 402 g/mol. The van der Waals surface area contributed by atoms with Crippen LogP contribution in [0.1, 0.15) is 10.4 Å². The standard InChI is InChI=1S/C20H20F2N4O3/c1-29-16-4-2-3-14(11-16)19(28)24-20(26-9-7-25(13-27)8-10-26)23-15-5-6-17(21)18(22)12-15/h2-6,11-13H,7-10H2,1H3,(H,23,24,28). The first-order valence-electron chi connectivity index (χ1n) is 8.93. The van der Waals surface area contributed by atoms with Crippen LogP contribution in [0.15, 0.2) is 47.5 Å². The Hall–Kier alpha value is -3.49. The van der Waals surface area contributed by atoms with Gasteiger partial charge in [0.25, 0.3) is 5.91 Å². The van der Waals surface area contributed by atoms with Crippen LogP contribution in [0, 0.1) is 11.6 Å². The highest BCUT2D eigenvalue weighted by Gasteiger charge is 2.21. The van der Waals surface area contributed by atoms with Gasteiger partial charge in [-0.25, -0.2) is 13.8 Å². The molecule has 0 bridgehead atoms. The van der Waals surface area contributed by atoms with Gasteiger partial charge in [0.05, 0.1) is 12.8 Å². The molecule has 0 aromatic heterocycles. The summed E-state index contributed by atoms with van der Waals surface area (Å²) in [6, 6.07) is 9.84. The van der Waals surface area contributed by atoms with Crippen LogP contribution < -0.4 is 10.1 Å². The number of piperazine rings is 1. The number of halogens is 2. The Labute approximate surface area is 166 Å². The second-order valence-corrected chi connectivity index (χ2v) is 6.35. The van der Waals surface area contributed by atoms with Gasteiger partial charge in [-0.2, -0.15) is 0 Å². The molecule has 0 saturated carbocycles. The van der Waals surface area contributed by atoms with Gasteiger partial charge in [0.15, 0.2) is 11.6 Å². The van der Waals surface area contributed by atoms with Gasteiger partial charge < -0.3 is 14.5 Å². The number of nitrogens with zero attached hydrogens (tertiary/aromatic N) is 3. The molecule has 2 aromatic carbocycles. The number of guanidine groups is 1. The summed E-state index contributed by atoms with van der Waals surface area (Å²) in [6.45, 7) is 1.77. The molecule has 1 fully saturated rings. The Morgan fingerprint density at radius 2 is 1.86 bits per heavy atom. The Bertz CT molecular complexity index is 928. The number of hydrogen-bond acceptors (Lipinski definition) is 4. The number of amides is 2. The largest absolute Gasteiger partial charge is 0.497 e. The fraction of sp³-hybridized carbons (Fsp3) is 0.250. The molecular weight excluding hydrogens is 382 g/mol. The average molecular weight is 402 g/mol. The zero-order valence-corrected chi connectivity index (χ0v) is 15.8. The molecule has 1 heterocycles. The third kappa shape index (κ3) is 5.07. The van der Waals surface area contributed by atoms with Gasteiger partial charge in [0, 0.05) is 37.8 Å². The fourth-order valence-corrected chi connectivity index (χ4v) is 2.83. The van der Waals surface area contributed by atoms with Gasteiger partial charge in [-0.3, -0.25) is 14.9 Å². The molecule has 0 atom stereocenters. The summed E-state index contributed by atoms with van der Waals surface area (Å²) >= 11 is 0. The van der Waals surface area contributed by atoms with Crippen molar-refractivity contribution in [1.29, 1.82) is 0 Å². The van der Waals surface area contributed by atoms with E-state index < -0.39 is 17.5 Å². The minimum absolute atomic E-state index is 0.155. The van der Waals surface area contributed by atoms with Gasteiger partial charge in [-0.05, 0) is 30.3 Å². The number of carbonyl (C=O) groups excluding carboxylic acids is 2. The highest BCUT2D eigenvalue weighted by molar-refractivity contribution is 6.06. The van der Waals surface area contributed by atoms with E-state index in [0.717, 1.165) is 18.5 Å². The van der Waals surface area contributed by atoms with Crippen LogP contribution in [0.4, 0.5) is 14.5 Å². The number of methoxy groups -OCH3 is 1. The Morgan fingerprint density at radius 1 is 1.10 bits per heavy atom. The molecule has 29 heavy (non-hydrogen) atoms. The number of benzene rings is 2. The molecule has 1 N–H and O–H groups in total. The molecule has 0 spiro atoms. The van der Waals surface area contributed by atoms with E-state index >= 15 is 0 Å². The van der Waals surface area contributed by atoms with Gasteiger partial charge >= 0.3 is 0 Å². The van der Waals surface area contributed by atoms with Crippen LogP contribution in [0.25, 0.3) is 0 Å². The Morgan fingerprint density at radius 3 is 2.52 bits per heavy atom. The van der Waals surface area contributed by atoms with E-state index in [0.29, 0.717) is 37.5 Å². The van der Waals surface area contributed by atoms with Gasteiger partial charge in [-0.15, -0.1) is 0 Å². The zero-order chi connectivity index (χ0) is 20.8. The SMILES string of the molecule is COc1cccc(C(=O)NC(=Nc2ccc(F)c(F)c2)N2CCN(C=O)CC2)c1. The predicted octanol–water partition coefficient (Wildman–Crippen LogP) is 2.16. The molecule has 152 valence electrons. The summed E-state index contributed by atoms with van der Waals surface area (Å²) in [4.78, 5) is 31.4. The zero-order valence-electron chi connectivity index (χ0n) is 15.8. The van der Waals surface area contributed by atoms with E-state index in [4.69, 9.17) is 4.74 Å². The maximum atomic E-state index is 13.6. The van der Waals surface area contributed by atoms with Crippen LogP contribution in [0.3, 0.4) is 0 Å².